The quantitative estimate of drug-likeness (QED) is 0.713. The fourth-order valence-electron chi connectivity index (χ4n) is 3.53. The van der Waals surface area contributed by atoms with Crippen LogP contribution in [0.3, 0.4) is 0 Å². The van der Waals surface area contributed by atoms with Gasteiger partial charge in [0.1, 0.15) is 6.10 Å². The Hall–Kier alpha value is -1.66. The van der Waals surface area contributed by atoms with Crippen LogP contribution in [-0.4, -0.2) is 40.3 Å². The molecule has 1 saturated heterocycles. The van der Waals surface area contributed by atoms with Gasteiger partial charge in [-0.25, -0.2) is 0 Å². The molecule has 1 aromatic heterocycles. The van der Waals surface area contributed by atoms with E-state index < -0.39 is 0 Å². The SMILES string of the molecule is Cc1nn(CC(C)C)c(C)c1CC(=O)N1CCOC(c2ccc(Br)cc2)C1. The van der Waals surface area contributed by atoms with Crippen molar-refractivity contribution in [1.82, 2.24) is 14.7 Å². The van der Waals surface area contributed by atoms with Crippen LogP contribution >= 0.6 is 15.9 Å². The van der Waals surface area contributed by atoms with Crippen molar-refractivity contribution >= 4 is 21.8 Å². The van der Waals surface area contributed by atoms with Crippen LogP contribution in [-0.2, 0) is 22.5 Å². The molecular weight excluding hydrogens is 406 g/mol. The highest BCUT2D eigenvalue weighted by molar-refractivity contribution is 9.10. The van der Waals surface area contributed by atoms with Crippen molar-refractivity contribution in [3.05, 3.63) is 51.3 Å². The summed E-state index contributed by atoms with van der Waals surface area (Å²) in [5, 5.41) is 4.64. The van der Waals surface area contributed by atoms with Crippen molar-refractivity contribution in [3.8, 4) is 0 Å². The van der Waals surface area contributed by atoms with Crippen molar-refractivity contribution < 1.29 is 9.53 Å². The van der Waals surface area contributed by atoms with Gasteiger partial charge in [-0.3, -0.25) is 9.48 Å². The van der Waals surface area contributed by atoms with Crippen molar-refractivity contribution in [2.24, 2.45) is 5.92 Å². The van der Waals surface area contributed by atoms with Crippen LogP contribution in [0.4, 0.5) is 0 Å². The largest absolute Gasteiger partial charge is 0.370 e. The number of morpholine rings is 1. The minimum atomic E-state index is -0.0679. The molecule has 3 rings (SSSR count). The predicted molar refractivity (Wildman–Crippen MR) is 110 cm³/mol. The number of ether oxygens (including phenoxy) is 1. The summed E-state index contributed by atoms with van der Waals surface area (Å²) < 4.78 is 8.98. The lowest BCUT2D eigenvalue weighted by molar-refractivity contribution is -0.138. The van der Waals surface area contributed by atoms with E-state index in [1.54, 1.807) is 0 Å². The molecule has 2 heterocycles. The number of rotatable bonds is 5. The van der Waals surface area contributed by atoms with Gasteiger partial charge in [0.25, 0.3) is 0 Å². The Labute approximate surface area is 169 Å². The van der Waals surface area contributed by atoms with Gasteiger partial charge in [-0.2, -0.15) is 5.10 Å². The van der Waals surface area contributed by atoms with E-state index >= 15 is 0 Å². The lowest BCUT2D eigenvalue weighted by Gasteiger charge is -2.33. The van der Waals surface area contributed by atoms with Crippen LogP contribution in [0, 0.1) is 19.8 Å². The van der Waals surface area contributed by atoms with Gasteiger partial charge >= 0.3 is 0 Å². The van der Waals surface area contributed by atoms with E-state index in [-0.39, 0.29) is 12.0 Å². The average Bonchev–Trinajstić information content (AvgIpc) is 2.89. The number of aryl methyl sites for hydroxylation is 1. The number of amides is 1. The number of carbonyl (C=O) groups excluding carboxylic acids is 1. The molecule has 1 atom stereocenters. The Balaban J connectivity index is 1.69. The van der Waals surface area contributed by atoms with Gasteiger partial charge in [-0.05, 0) is 37.5 Å². The highest BCUT2D eigenvalue weighted by atomic mass is 79.9. The van der Waals surface area contributed by atoms with E-state index in [2.05, 4.69) is 41.8 Å². The normalized spacial score (nSPS) is 17.6. The summed E-state index contributed by atoms with van der Waals surface area (Å²) in [7, 11) is 0. The standard InChI is InChI=1S/C21H28BrN3O2/c1-14(2)12-25-16(4)19(15(3)23-25)11-21(26)24-9-10-27-20(13-24)17-5-7-18(22)8-6-17/h5-8,14,20H,9-13H2,1-4H3. The van der Waals surface area contributed by atoms with Gasteiger partial charge in [0.15, 0.2) is 0 Å². The summed E-state index contributed by atoms with van der Waals surface area (Å²) in [5.41, 5.74) is 4.23. The third-order valence-corrected chi connectivity index (χ3v) is 5.59. The number of halogens is 1. The number of hydrogen-bond donors (Lipinski definition) is 0. The Bertz CT molecular complexity index is 799. The summed E-state index contributed by atoms with van der Waals surface area (Å²) in [6.07, 6.45) is 0.338. The molecule has 0 N–H and O–H groups in total. The summed E-state index contributed by atoms with van der Waals surface area (Å²) in [4.78, 5) is 14.9. The van der Waals surface area contributed by atoms with Gasteiger partial charge in [-0.1, -0.05) is 41.9 Å². The number of carbonyl (C=O) groups is 1. The van der Waals surface area contributed by atoms with Crippen LogP contribution < -0.4 is 0 Å². The van der Waals surface area contributed by atoms with Crippen LogP contribution in [0.15, 0.2) is 28.7 Å². The molecule has 0 saturated carbocycles. The number of nitrogens with zero attached hydrogens (tertiary/aromatic N) is 3. The lowest BCUT2D eigenvalue weighted by Crippen LogP contribution is -2.43. The molecule has 1 fully saturated rings. The molecule has 1 aliphatic rings. The first-order valence-corrected chi connectivity index (χ1v) is 10.3. The average molecular weight is 434 g/mol. The van der Waals surface area contributed by atoms with E-state index in [0.717, 1.165) is 33.5 Å². The maximum absolute atomic E-state index is 13.0. The van der Waals surface area contributed by atoms with Crippen LogP contribution in [0.2, 0.25) is 0 Å². The fraction of sp³-hybridized carbons (Fsp3) is 0.524. The van der Waals surface area contributed by atoms with Crippen molar-refractivity contribution in [2.45, 2.75) is 46.8 Å². The molecule has 1 amide bonds. The zero-order chi connectivity index (χ0) is 19.6. The Morgan fingerprint density at radius 3 is 2.67 bits per heavy atom. The summed E-state index contributed by atoms with van der Waals surface area (Å²) >= 11 is 3.46. The molecule has 6 heteroatoms. The minimum Gasteiger partial charge on any atom is -0.370 e. The summed E-state index contributed by atoms with van der Waals surface area (Å²) in [5.74, 6) is 0.674. The minimum absolute atomic E-state index is 0.0679. The topological polar surface area (TPSA) is 47.4 Å². The van der Waals surface area contributed by atoms with Gasteiger partial charge in [0.05, 0.1) is 25.3 Å². The Kier molecular flexibility index (Phi) is 6.37. The molecule has 27 heavy (non-hydrogen) atoms. The monoisotopic (exact) mass is 433 g/mol. The third kappa shape index (κ3) is 4.79. The Morgan fingerprint density at radius 2 is 2.00 bits per heavy atom. The first-order valence-electron chi connectivity index (χ1n) is 9.53. The van der Waals surface area contributed by atoms with Crippen molar-refractivity contribution in [3.63, 3.8) is 0 Å². The molecule has 1 unspecified atom stereocenters. The molecule has 1 aromatic carbocycles. The molecule has 5 nitrogen and oxygen atoms in total. The van der Waals surface area contributed by atoms with E-state index in [4.69, 9.17) is 4.74 Å². The highest BCUT2D eigenvalue weighted by Gasteiger charge is 2.26. The first kappa shape index (κ1) is 20.1. The number of hydrogen-bond acceptors (Lipinski definition) is 3. The fourth-order valence-corrected chi connectivity index (χ4v) is 3.80. The molecule has 146 valence electrons. The zero-order valence-electron chi connectivity index (χ0n) is 16.5. The summed E-state index contributed by atoms with van der Waals surface area (Å²) in [6.45, 7) is 11.1. The molecule has 0 radical (unpaired) electrons. The molecule has 0 aliphatic carbocycles. The highest BCUT2D eigenvalue weighted by Crippen LogP contribution is 2.25. The summed E-state index contributed by atoms with van der Waals surface area (Å²) in [6, 6.07) is 8.12. The molecule has 1 aliphatic heterocycles. The maximum Gasteiger partial charge on any atom is 0.227 e. The third-order valence-electron chi connectivity index (χ3n) is 5.06. The van der Waals surface area contributed by atoms with E-state index in [9.17, 15) is 4.79 Å². The van der Waals surface area contributed by atoms with E-state index in [0.29, 0.717) is 32.0 Å². The van der Waals surface area contributed by atoms with Crippen LogP contribution in [0.1, 0.15) is 42.5 Å². The second-order valence-corrected chi connectivity index (χ2v) is 8.57. The maximum atomic E-state index is 13.0. The zero-order valence-corrected chi connectivity index (χ0v) is 18.1. The van der Waals surface area contributed by atoms with Crippen LogP contribution in [0.25, 0.3) is 0 Å². The second-order valence-electron chi connectivity index (χ2n) is 7.65. The van der Waals surface area contributed by atoms with Gasteiger partial charge in [-0.15, -0.1) is 0 Å². The van der Waals surface area contributed by atoms with Gasteiger partial charge in [0, 0.05) is 28.8 Å². The van der Waals surface area contributed by atoms with Gasteiger partial charge < -0.3 is 9.64 Å². The smallest absolute Gasteiger partial charge is 0.227 e. The first-order chi connectivity index (χ1) is 12.8. The molecule has 2 aromatic rings. The van der Waals surface area contributed by atoms with Crippen molar-refractivity contribution in [2.75, 3.05) is 19.7 Å². The molecule has 0 spiro atoms. The lowest BCUT2D eigenvalue weighted by atomic mass is 10.1. The van der Waals surface area contributed by atoms with Gasteiger partial charge in [0.2, 0.25) is 5.91 Å². The molecule has 0 bridgehead atoms. The number of aromatic nitrogens is 2. The van der Waals surface area contributed by atoms with Crippen molar-refractivity contribution in [1.29, 1.82) is 0 Å². The van der Waals surface area contributed by atoms with E-state index in [1.165, 1.54) is 0 Å². The molecular formula is C21H28BrN3O2. The van der Waals surface area contributed by atoms with E-state index in [1.807, 2.05) is 40.8 Å². The number of benzene rings is 1. The van der Waals surface area contributed by atoms with Crippen LogP contribution in [0.5, 0.6) is 0 Å². The Morgan fingerprint density at radius 1 is 1.30 bits per heavy atom. The second kappa shape index (κ2) is 8.57. The predicted octanol–water partition coefficient (Wildman–Crippen LogP) is 4.06.